The van der Waals surface area contributed by atoms with Gasteiger partial charge in [0.15, 0.2) is 5.13 Å². The molecule has 1 heterocycles. The number of carbonyl (C=O) groups excluding carboxylic acids is 1. The highest BCUT2D eigenvalue weighted by molar-refractivity contribution is 7.19. The number of thiazole rings is 1. The van der Waals surface area contributed by atoms with Gasteiger partial charge >= 0.3 is 6.18 Å². The van der Waals surface area contributed by atoms with Crippen molar-refractivity contribution in [1.29, 1.82) is 0 Å². The number of nitrogens with zero attached hydrogens (tertiary/aromatic N) is 2. The molecule has 0 spiro atoms. The van der Waals surface area contributed by atoms with Crippen molar-refractivity contribution >= 4 is 22.4 Å². The summed E-state index contributed by atoms with van der Waals surface area (Å²) in [5.41, 5.74) is 8.36. The molecule has 1 amide bonds. The van der Waals surface area contributed by atoms with Crippen LogP contribution in [0.5, 0.6) is 0 Å². The monoisotopic (exact) mass is 459 g/mol. The zero-order valence-corrected chi connectivity index (χ0v) is 18.5. The van der Waals surface area contributed by atoms with Crippen molar-refractivity contribution in [1.82, 2.24) is 9.88 Å². The van der Waals surface area contributed by atoms with Gasteiger partial charge in [-0.3, -0.25) is 4.79 Å². The molecule has 32 heavy (non-hydrogen) atoms. The molecule has 8 heteroatoms. The van der Waals surface area contributed by atoms with E-state index < -0.39 is 11.7 Å². The molecule has 2 aromatic carbocycles. The molecule has 1 aromatic heterocycles. The molecule has 0 aliphatic heterocycles. The fraction of sp³-hybridized carbons (Fsp3) is 0.333. The first-order valence-electron chi connectivity index (χ1n) is 10.5. The van der Waals surface area contributed by atoms with E-state index in [9.17, 15) is 18.0 Å². The van der Waals surface area contributed by atoms with Gasteiger partial charge in [0.2, 0.25) is 0 Å². The van der Waals surface area contributed by atoms with Gasteiger partial charge in [-0.05, 0) is 55.4 Å². The fourth-order valence-corrected chi connectivity index (χ4v) is 4.45. The van der Waals surface area contributed by atoms with Crippen molar-refractivity contribution in [3.63, 3.8) is 0 Å². The van der Waals surface area contributed by atoms with E-state index in [0.717, 1.165) is 46.5 Å². The molecule has 0 saturated heterocycles. The third kappa shape index (κ3) is 5.30. The van der Waals surface area contributed by atoms with Crippen molar-refractivity contribution in [3.8, 4) is 10.4 Å². The highest BCUT2D eigenvalue weighted by Crippen LogP contribution is 2.35. The van der Waals surface area contributed by atoms with E-state index in [4.69, 9.17) is 5.73 Å². The maximum Gasteiger partial charge on any atom is 0.416 e. The van der Waals surface area contributed by atoms with Gasteiger partial charge in [0.25, 0.3) is 5.91 Å². The number of hydrogen-bond donors (Lipinski definition) is 1. The molecule has 168 valence electrons. The van der Waals surface area contributed by atoms with Crippen LogP contribution in [0.3, 0.4) is 0 Å². The number of rotatable bonds is 7. The number of carbonyl (C=O) groups is 1. The Kier molecular flexibility index (Phi) is 6.24. The Morgan fingerprint density at radius 2 is 1.91 bits per heavy atom. The molecule has 3 aromatic rings. The first-order valence-corrected chi connectivity index (χ1v) is 11.3. The lowest BCUT2D eigenvalue weighted by Gasteiger charge is -2.22. The van der Waals surface area contributed by atoms with Gasteiger partial charge in [0.1, 0.15) is 5.69 Å². The Morgan fingerprint density at radius 3 is 2.53 bits per heavy atom. The number of anilines is 1. The van der Waals surface area contributed by atoms with Crippen molar-refractivity contribution < 1.29 is 18.0 Å². The maximum absolute atomic E-state index is 13.5. The van der Waals surface area contributed by atoms with E-state index in [1.807, 2.05) is 31.2 Å². The fourth-order valence-electron chi connectivity index (χ4n) is 3.63. The topological polar surface area (TPSA) is 59.2 Å². The number of amides is 1. The zero-order chi connectivity index (χ0) is 22.9. The second-order valence-corrected chi connectivity index (χ2v) is 9.27. The summed E-state index contributed by atoms with van der Waals surface area (Å²) in [6.45, 7) is 3.01. The lowest BCUT2D eigenvalue weighted by atomic mass is 10.1. The lowest BCUT2D eigenvalue weighted by molar-refractivity contribution is -0.137. The van der Waals surface area contributed by atoms with Crippen LogP contribution in [-0.4, -0.2) is 28.9 Å². The number of nitrogen functional groups attached to an aromatic ring is 1. The summed E-state index contributed by atoms with van der Waals surface area (Å²) < 4.78 is 38.4. The molecule has 1 aliphatic carbocycles. The van der Waals surface area contributed by atoms with Crippen molar-refractivity contribution in [2.75, 3.05) is 18.8 Å². The number of nitrogens with two attached hydrogens (primary N) is 1. The predicted octanol–water partition coefficient (Wildman–Crippen LogP) is 5.81. The SMILES string of the molecule is Cc1cccc(-c2sc(N)nc2C(=O)N(CCc2ccc(C(F)(F)F)cc2)CC2CC2)c1. The third-order valence-corrected chi connectivity index (χ3v) is 6.47. The highest BCUT2D eigenvalue weighted by atomic mass is 32.1. The number of aryl methyl sites for hydroxylation is 1. The average Bonchev–Trinajstić information content (AvgIpc) is 3.48. The van der Waals surface area contributed by atoms with Gasteiger partial charge in [-0.25, -0.2) is 4.98 Å². The van der Waals surface area contributed by atoms with Crippen molar-refractivity contribution in [2.24, 2.45) is 5.92 Å². The van der Waals surface area contributed by atoms with E-state index in [1.165, 1.54) is 23.5 Å². The Balaban J connectivity index is 1.54. The van der Waals surface area contributed by atoms with Crippen LogP contribution in [0.1, 0.15) is 40.0 Å². The summed E-state index contributed by atoms with van der Waals surface area (Å²) in [6.07, 6.45) is -1.73. The molecule has 1 aliphatic rings. The lowest BCUT2D eigenvalue weighted by Crippen LogP contribution is -2.35. The predicted molar refractivity (Wildman–Crippen MR) is 120 cm³/mol. The van der Waals surface area contributed by atoms with Gasteiger partial charge in [-0.1, -0.05) is 53.3 Å². The summed E-state index contributed by atoms with van der Waals surface area (Å²) in [7, 11) is 0. The van der Waals surface area contributed by atoms with Crippen LogP contribution < -0.4 is 5.73 Å². The molecule has 2 N–H and O–H groups in total. The summed E-state index contributed by atoms with van der Waals surface area (Å²) in [4.78, 5) is 20.3. The molecule has 4 nitrogen and oxygen atoms in total. The smallest absolute Gasteiger partial charge is 0.375 e. The zero-order valence-electron chi connectivity index (χ0n) is 17.7. The van der Waals surface area contributed by atoms with Crippen LogP contribution in [0.2, 0.25) is 0 Å². The molecule has 0 radical (unpaired) electrons. The highest BCUT2D eigenvalue weighted by Gasteiger charge is 2.31. The third-order valence-electron chi connectivity index (χ3n) is 5.54. The van der Waals surface area contributed by atoms with E-state index in [1.54, 1.807) is 4.90 Å². The summed E-state index contributed by atoms with van der Waals surface area (Å²) >= 11 is 1.29. The summed E-state index contributed by atoms with van der Waals surface area (Å²) in [5, 5.41) is 0.332. The normalized spacial score (nSPS) is 13.9. The van der Waals surface area contributed by atoms with E-state index >= 15 is 0 Å². The quantitative estimate of drug-likeness (QED) is 0.485. The Bertz CT molecular complexity index is 1100. The molecular formula is C24H24F3N3OS. The van der Waals surface area contributed by atoms with Crippen molar-refractivity contribution in [2.45, 2.75) is 32.4 Å². The molecule has 0 bridgehead atoms. The van der Waals surface area contributed by atoms with E-state index in [-0.39, 0.29) is 5.91 Å². The Hall–Kier alpha value is -2.87. The summed E-state index contributed by atoms with van der Waals surface area (Å²) in [6, 6.07) is 13.0. The molecule has 4 rings (SSSR count). The van der Waals surface area contributed by atoms with Crippen LogP contribution in [0.15, 0.2) is 48.5 Å². The Labute approximate surface area is 188 Å². The summed E-state index contributed by atoms with van der Waals surface area (Å²) in [5.74, 6) is 0.276. The van der Waals surface area contributed by atoms with Crippen LogP contribution in [-0.2, 0) is 12.6 Å². The maximum atomic E-state index is 13.5. The van der Waals surface area contributed by atoms with Gasteiger partial charge in [-0.15, -0.1) is 0 Å². The molecule has 1 saturated carbocycles. The number of hydrogen-bond acceptors (Lipinski definition) is 4. The van der Waals surface area contributed by atoms with E-state index in [0.29, 0.717) is 36.3 Å². The van der Waals surface area contributed by atoms with E-state index in [2.05, 4.69) is 4.98 Å². The standard InChI is InChI=1S/C24H24F3N3OS/c1-15-3-2-4-18(13-15)21-20(29-23(28)32-21)22(31)30(14-17-5-6-17)12-11-16-7-9-19(10-8-16)24(25,26)27/h2-4,7-10,13,17H,5-6,11-12,14H2,1H3,(H2,28,29). The minimum Gasteiger partial charge on any atom is -0.375 e. The molecular weight excluding hydrogens is 435 g/mol. The molecule has 0 atom stereocenters. The minimum absolute atomic E-state index is 0.187. The van der Waals surface area contributed by atoms with Crippen LogP contribution >= 0.6 is 11.3 Å². The van der Waals surface area contributed by atoms with Crippen LogP contribution in [0, 0.1) is 12.8 Å². The van der Waals surface area contributed by atoms with Gasteiger partial charge in [0, 0.05) is 13.1 Å². The number of aromatic nitrogens is 1. The number of benzene rings is 2. The second kappa shape index (κ2) is 8.94. The van der Waals surface area contributed by atoms with Gasteiger partial charge in [0.05, 0.1) is 10.4 Å². The van der Waals surface area contributed by atoms with Crippen LogP contribution in [0.25, 0.3) is 10.4 Å². The first kappa shape index (κ1) is 22.3. The second-order valence-electron chi connectivity index (χ2n) is 8.24. The first-order chi connectivity index (χ1) is 15.2. The average molecular weight is 460 g/mol. The van der Waals surface area contributed by atoms with Crippen molar-refractivity contribution in [3.05, 3.63) is 70.9 Å². The molecule has 0 unspecified atom stereocenters. The number of alkyl halides is 3. The largest absolute Gasteiger partial charge is 0.416 e. The minimum atomic E-state index is -4.36. The van der Waals surface area contributed by atoms with Crippen LogP contribution in [0.4, 0.5) is 18.3 Å². The van der Waals surface area contributed by atoms with Gasteiger partial charge < -0.3 is 10.6 Å². The molecule has 1 fully saturated rings. The van der Waals surface area contributed by atoms with Gasteiger partial charge in [-0.2, -0.15) is 13.2 Å². The Morgan fingerprint density at radius 1 is 1.19 bits per heavy atom. The number of halogens is 3.